The van der Waals surface area contributed by atoms with E-state index in [0.717, 1.165) is 18.3 Å². The molecular weight excluding hydrogens is 354 g/mol. The number of allylic oxidation sites excluding steroid dienone is 1. The lowest BCUT2D eigenvalue weighted by atomic mass is 9.39. The second kappa shape index (κ2) is 6.35. The first kappa shape index (κ1) is 20.6. The maximum absolute atomic E-state index is 10.6. The average Bonchev–Trinajstić information content (AvgIpc) is 2.65. The second-order valence-corrected chi connectivity index (χ2v) is 13.4. The van der Waals surface area contributed by atoms with Crippen LogP contribution in [0.15, 0.2) is 11.6 Å². The molecule has 5 rings (SSSR count). The first-order chi connectivity index (χ1) is 13.5. The molecule has 0 spiro atoms. The third kappa shape index (κ3) is 2.80. The predicted molar refractivity (Wildman–Crippen MR) is 120 cm³/mol. The van der Waals surface area contributed by atoms with Crippen molar-refractivity contribution in [2.24, 2.45) is 51.6 Å². The van der Waals surface area contributed by atoms with Crippen LogP contribution < -0.4 is 5.73 Å². The molecule has 2 heteroatoms. The van der Waals surface area contributed by atoms with E-state index in [2.05, 4.69) is 40.7 Å². The number of aliphatic hydroxyl groups excluding tert-OH is 1. The van der Waals surface area contributed by atoms with Crippen LogP contribution in [0.2, 0.25) is 0 Å². The summed E-state index contributed by atoms with van der Waals surface area (Å²) in [4.78, 5) is 0. The smallest absolute Gasteiger partial charge is 0.0568 e. The number of aliphatic hydroxyl groups is 1. The maximum atomic E-state index is 10.6. The third-order valence-electron chi connectivity index (χ3n) is 11.5. The summed E-state index contributed by atoms with van der Waals surface area (Å²) in [5.74, 6) is 3.30. The van der Waals surface area contributed by atoms with Gasteiger partial charge in [0.25, 0.3) is 0 Å². The van der Waals surface area contributed by atoms with Gasteiger partial charge in [-0.2, -0.15) is 0 Å². The van der Waals surface area contributed by atoms with E-state index in [1.54, 1.807) is 5.57 Å². The number of rotatable bonds is 0. The Morgan fingerprint density at radius 3 is 2.38 bits per heavy atom. The molecule has 9 atom stereocenters. The normalized spacial score (nSPS) is 56.3. The highest BCUT2D eigenvalue weighted by Gasteiger charge is 2.62. The molecule has 5 aliphatic rings. The van der Waals surface area contributed by atoms with Gasteiger partial charge in [-0.3, -0.25) is 0 Å². The van der Waals surface area contributed by atoms with Crippen LogP contribution in [0.1, 0.15) is 98.8 Å². The minimum Gasteiger partial charge on any atom is -0.393 e. The van der Waals surface area contributed by atoms with Crippen LogP contribution in [-0.2, 0) is 0 Å². The zero-order valence-corrected chi connectivity index (χ0v) is 19.6. The largest absolute Gasteiger partial charge is 0.393 e. The first-order valence-electron chi connectivity index (χ1n) is 12.7. The van der Waals surface area contributed by atoms with E-state index >= 15 is 0 Å². The number of hydrogen-bond donors (Lipinski definition) is 2. The summed E-state index contributed by atoms with van der Waals surface area (Å²) in [5, 5.41) is 10.6. The van der Waals surface area contributed by atoms with Gasteiger partial charge in [0.15, 0.2) is 0 Å². The minimum atomic E-state index is -0.0795. The van der Waals surface area contributed by atoms with E-state index in [4.69, 9.17) is 5.73 Å². The summed E-state index contributed by atoms with van der Waals surface area (Å²) < 4.78 is 0. The van der Waals surface area contributed by atoms with Crippen molar-refractivity contribution in [2.75, 3.05) is 0 Å². The molecule has 0 aromatic rings. The molecule has 0 aliphatic heterocycles. The summed E-state index contributed by atoms with van der Waals surface area (Å²) in [6.07, 6.45) is 15.1. The summed E-state index contributed by atoms with van der Waals surface area (Å²) in [5.41, 5.74) is 10.2. The minimum absolute atomic E-state index is 0.0611. The van der Waals surface area contributed by atoms with Crippen LogP contribution in [0.25, 0.3) is 0 Å². The van der Waals surface area contributed by atoms with Gasteiger partial charge in [0.2, 0.25) is 0 Å². The van der Waals surface area contributed by atoms with Crippen molar-refractivity contribution >= 4 is 0 Å². The molecule has 0 radical (unpaired) electrons. The standard InChI is InChI=1S/C27H45NO/c1-17-19-8-11-26(5)20-9-13-27(28)15-14-24(2,3)16-21(27)18(20)6-7-23(26)25(19,4)12-10-22(17)29/h6,17,19-23,29H,7-16,28H2,1-5H3. The Bertz CT molecular complexity index is 711. The predicted octanol–water partition coefficient (Wildman–Crippen LogP) is 6.08. The summed E-state index contributed by atoms with van der Waals surface area (Å²) in [6.45, 7) is 12.5. The molecule has 0 bridgehead atoms. The molecule has 0 amide bonds. The Labute approximate surface area is 179 Å². The van der Waals surface area contributed by atoms with Gasteiger partial charge in [-0.25, -0.2) is 0 Å². The molecule has 0 aromatic heterocycles. The second-order valence-electron chi connectivity index (χ2n) is 13.4. The van der Waals surface area contributed by atoms with Crippen LogP contribution in [0, 0.1) is 45.8 Å². The van der Waals surface area contributed by atoms with Crippen LogP contribution >= 0.6 is 0 Å². The highest BCUT2D eigenvalue weighted by molar-refractivity contribution is 5.30. The van der Waals surface area contributed by atoms with Crippen molar-refractivity contribution in [1.29, 1.82) is 0 Å². The van der Waals surface area contributed by atoms with Gasteiger partial charge < -0.3 is 10.8 Å². The van der Waals surface area contributed by atoms with Gasteiger partial charge in [-0.15, -0.1) is 0 Å². The van der Waals surface area contributed by atoms with Gasteiger partial charge in [0, 0.05) is 5.54 Å². The van der Waals surface area contributed by atoms with Crippen LogP contribution in [0.5, 0.6) is 0 Å². The molecule has 0 saturated heterocycles. The molecule has 0 aromatic carbocycles. The van der Waals surface area contributed by atoms with E-state index < -0.39 is 0 Å². The van der Waals surface area contributed by atoms with Crippen LogP contribution in [0.4, 0.5) is 0 Å². The highest BCUT2D eigenvalue weighted by Crippen LogP contribution is 2.69. The van der Waals surface area contributed by atoms with Crippen molar-refractivity contribution in [3.8, 4) is 0 Å². The lowest BCUT2D eigenvalue weighted by Crippen LogP contribution is -2.62. The Kier molecular flexibility index (Phi) is 4.50. The van der Waals surface area contributed by atoms with Crippen LogP contribution in [0.3, 0.4) is 0 Å². The van der Waals surface area contributed by atoms with E-state index in [1.165, 1.54) is 57.8 Å². The zero-order chi connectivity index (χ0) is 20.8. The Morgan fingerprint density at radius 2 is 1.62 bits per heavy atom. The van der Waals surface area contributed by atoms with Gasteiger partial charge in [0.05, 0.1) is 6.10 Å². The fourth-order valence-electron chi connectivity index (χ4n) is 9.57. The topological polar surface area (TPSA) is 46.2 Å². The van der Waals surface area contributed by atoms with E-state index in [-0.39, 0.29) is 11.6 Å². The molecule has 9 unspecified atom stereocenters. The summed E-state index contributed by atoms with van der Waals surface area (Å²) in [7, 11) is 0. The first-order valence-corrected chi connectivity index (χ1v) is 12.7. The zero-order valence-electron chi connectivity index (χ0n) is 19.6. The molecule has 2 nitrogen and oxygen atoms in total. The van der Waals surface area contributed by atoms with Gasteiger partial charge in [-0.05, 0) is 110 Å². The van der Waals surface area contributed by atoms with Crippen molar-refractivity contribution in [3.63, 3.8) is 0 Å². The fraction of sp³-hybridized carbons (Fsp3) is 0.926. The lowest BCUT2D eigenvalue weighted by Gasteiger charge is -2.66. The molecule has 164 valence electrons. The number of fused-ring (bicyclic) bond motifs is 7. The molecule has 29 heavy (non-hydrogen) atoms. The summed E-state index contributed by atoms with van der Waals surface area (Å²) in [6, 6.07) is 0. The number of hydrogen-bond acceptors (Lipinski definition) is 2. The quantitative estimate of drug-likeness (QED) is 0.485. The Morgan fingerprint density at radius 1 is 0.897 bits per heavy atom. The number of nitrogens with two attached hydrogens (primary N) is 1. The van der Waals surface area contributed by atoms with E-state index in [1.807, 2.05) is 0 Å². The van der Waals surface area contributed by atoms with Crippen molar-refractivity contribution in [3.05, 3.63) is 11.6 Å². The lowest BCUT2D eigenvalue weighted by molar-refractivity contribution is -0.153. The highest BCUT2D eigenvalue weighted by atomic mass is 16.3. The van der Waals surface area contributed by atoms with Crippen molar-refractivity contribution in [1.82, 2.24) is 0 Å². The van der Waals surface area contributed by atoms with E-state index in [0.29, 0.717) is 34.0 Å². The summed E-state index contributed by atoms with van der Waals surface area (Å²) >= 11 is 0. The molecule has 4 saturated carbocycles. The Hall–Kier alpha value is -0.340. The van der Waals surface area contributed by atoms with E-state index in [9.17, 15) is 5.11 Å². The van der Waals surface area contributed by atoms with Gasteiger partial charge >= 0.3 is 0 Å². The molecule has 5 aliphatic carbocycles. The Balaban J connectivity index is 1.51. The molecular formula is C27H45NO. The fourth-order valence-corrected chi connectivity index (χ4v) is 9.57. The van der Waals surface area contributed by atoms with Crippen molar-refractivity contribution < 1.29 is 5.11 Å². The molecule has 4 fully saturated rings. The maximum Gasteiger partial charge on any atom is 0.0568 e. The van der Waals surface area contributed by atoms with Crippen LogP contribution in [-0.4, -0.2) is 16.7 Å². The van der Waals surface area contributed by atoms with Gasteiger partial charge in [-0.1, -0.05) is 46.3 Å². The van der Waals surface area contributed by atoms with Crippen molar-refractivity contribution in [2.45, 2.75) is 110 Å². The molecule has 3 N–H and O–H groups in total. The third-order valence-corrected chi connectivity index (χ3v) is 11.5. The monoisotopic (exact) mass is 399 g/mol. The molecule has 0 heterocycles. The SMILES string of the molecule is CC1C(O)CCC2(C)C1CCC1(C)C3CCC4(N)CCC(C)(C)CC4C3=CCC12. The average molecular weight is 400 g/mol. The van der Waals surface area contributed by atoms with Gasteiger partial charge in [0.1, 0.15) is 0 Å².